The van der Waals surface area contributed by atoms with Crippen LogP contribution in [0.25, 0.3) is 0 Å². The molecular formula is C14H27NO3. The van der Waals surface area contributed by atoms with Gasteiger partial charge < -0.3 is 10.5 Å². The second kappa shape index (κ2) is 8.25. The predicted octanol–water partition coefficient (Wildman–Crippen LogP) is 2.44. The van der Waals surface area contributed by atoms with E-state index in [9.17, 15) is 9.59 Å². The molecule has 0 aliphatic rings. The molecule has 1 atom stereocenters. The second-order valence-electron chi connectivity index (χ2n) is 5.17. The van der Waals surface area contributed by atoms with Crippen molar-refractivity contribution in [3.05, 3.63) is 0 Å². The molecule has 0 aromatic carbocycles. The zero-order chi connectivity index (χ0) is 14.2. The summed E-state index contributed by atoms with van der Waals surface area (Å²) in [6, 6.07) is 0. The van der Waals surface area contributed by atoms with Gasteiger partial charge >= 0.3 is 5.97 Å². The van der Waals surface area contributed by atoms with Crippen LogP contribution in [0, 0.1) is 5.92 Å². The predicted molar refractivity (Wildman–Crippen MR) is 72.2 cm³/mol. The Labute approximate surface area is 110 Å². The number of nitrogens with two attached hydrogens (primary N) is 1. The Kier molecular flexibility index (Phi) is 7.83. The number of Topliss-reactive ketones (excluding diaryl/α,β-unsaturated/α-hetero) is 1. The fourth-order valence-electron chi connectivity index (χ4n) is 1.97. The first-order chi connectivity index (χ1) is 8.38. The van der Waals surface area contributed by atoms with Gasteiger partial charge in [0.25, 0.3) is 0 Å². The highest BCUT2D eigenvalue weighted by Crippen LogP contribution is 2.20. The van der Waals surface area contributed by atoms with Crippen molar-refractivity contribution >= 4 is 11.8 Å². The van der Waals surface area contributed by atoms with E-state index in [0.29, 0.717) is 12.8 Å². The summed E-state index contributed by atoms with van der Waals surface area (Å²) in [4.78, 5) is 24.1. The van der Waals surface area contributed by atoms with Crippen LogP contribution in [0.5, 0.6) is 0 Å². The zero-order valence-electron chi connectivity index (χ0n) is 12.1. The maximum Gasteiger partial charge on any atom is 0.333 e. The highest BCUT2D eigenvalue weighted by atomic mass is 16.5. The number of rotatable bonds is 9. The summed E-state index contributed by atoms with van der Waals surface area (Å²) in [5, 5.41) is 0. The van der Waals surface area contributed by atoms with Crippen LogP contribution in [0.15, 0.2) is 0 Å². The molecule has 0 rings (SSSR count). The molecule has 4 heteroatoms. The molecule has 1 unspecified atom stereocenters. The highest BCUT2D eigenvalue weighted by Gasteiger charge is 2.42. The van der Waals surface area contributed by atoms with Crippen LogP contribution in [0.1, 0.15) is 59.8 Å². The lowest BCUT2D eigenvalue weighted by Gasteiger charge is -2.27. The summed E-state index contributed by atoms with van der Waals surface area (Å²) in [6.07, 6.45) is 3.50. The minimum absolute atomic E-state index is 0.175. The Morgan fingerprint density at radius 1 is 1.22 bits per heavy atom. The van der Waals surface area contributed by atoms with Gasteiger partial charge in [0.15, 0.2) is 11.3 Å². The number of unbranched alkanes of at least 4 members (excludes halogenated alkanes) is 2. The van der Waals surface area contributed by atoms with Crippen molar-refractivity contribution in [1.29, 1.82) is 0 Å². The molecule has 18 heavy (non-hydrogen) atoms. The molecule has 0 fully saturated rings. The molecule has 0 aromatic rings. The summed E-state index contributed by atoms with van der Waals surface area (Å²) in [6.45, 7) is 7.92. The van der Waals surface area contributed by atoms with Gasteiger partial charge in [-0.15, -0.1) is 0 Å². The second-order valence-corrected chi connectivity index (χ2v) is 5.17. The molecular weight excluding hydrogens is 230 g/mol. The Hall–Kier alpha value is -0.900. The molecule has 0 saturated carbocycles. The van der Waals surface area contributed by atoms with Gasteiger partial charge in [0, 0.05) is 6.42 Å². The standard InChI is InChI=1S/C14H27NO3/c1-5-7-8-9-12(16)14(15,10-11(3)4)13(17)18-6-2/h11H,5-10,15H2,1-4H3. The number of esters is 1. The van der Waals surface area contributed by atoms with Crippen molar-refractivity contribution in [2.75, 3.05) is 6.61 Å². The van der Waals surface area contributed by atoms with Crippen LogP contribution in [-0.4, -0.2) is 23.9 Å². The van der Waals surface area contributed by atoms with E-state index in [1.54, 1.807) is 6.92 Å². The SMILES string of the molecule is CCCCCC(=O)C(N)(CC(C)C)C(=O)OCC. The van der Waals surface area contributed by atoms with Gasteiger partial charge in [0.2, 0.25) is 0 Å². The maximum atomic E-state index is 12.2. The van der Waals surface area contributed by atoms with Gasteiger partial charge in [-0.1, -0.05) is 33.6 Å². The van der Waals surface area contributed by atoms with Crippen molar-refractivity contribution in [2.45, 2.75) is 65.3 Å². The van der Waals surface area contributed by atoms with E-state index in [4.69, 9.17) is 10.5 Å². The van der Waals surface area contributed by atoms with E-state index in [-0.39, 0.29) is 18.3 Å². The Balaban J connectivity index is 4.73. The van der Waals surface area contributed by atoms with Gasteiger partial charge in [-0.2, -0.15) is 0 Å². The average Bonchev–Trinajstić information content (AvgIpc) is 2.28. The van der Waals surface area contributed by atoms with Crippen molar-refractivity contribution in [3.8, 4) is 0 Å². The maximum absolute atomic E-state index is 12.2. The first-order valence-electron chi connectivity index (χ1n) is 6.87. The molecule has 0 saturated heterocycles. The normalized spacial score (nSPS) is 14.3. The van der Waals surface area contributed by atoms with Crippen LogP contribution in [-0.2, 0) is 14.3 Å². The van der Waals surface area contributed by atoms with E-state index in [1.807, 2.05) is 13.8 Å². The number of ketones is 1. The van der Waals surface area contributed by atoms with Crippen molar-refractivity contribution in [1.82, 2.24) is 0 Å². The first-order valence-corrected chi connectivity index (χ1v) is 6.87. The monoisotopic (exact) mass is 257 g/mol. The van der Waals surface area contributed by atoms with Crippen molar-refractivity contribution in [3.63, 3.8) is 0 Å². The molecule has 106 valence electrons. The van der Waals surface area contributed by atoms with Crippen LogP contribution < -0.4 is 5.73 Å². The van der Waals surface area contributed by atoms with E-state index < -0.39 is 11.5 Å². The molecule has 0 aromatic heterocycles. The molecule has 0 amide bonds. The first kappa shape index (κ1) is 17.1. The molecule has 4 nitrogen and oxygen atoms in total. The smallest absolute Gasteiger partial charge is 0.333 e. The topological polar surface area (TPSA) is 69.4 Å². The summed E-state index contributed by atoms with van der Waals surface area (Å²) in [5.41, 5.74) is 4.57. The average molecular weight is 257 g/mol. The number of carbonyl (C=O) groups is 2. The van der Waals surface area contributed by atoms with Crippen LogP contribution in [0.4, 0.5) is 0 Å². The zero-order valence-corrected chi connectivity index (χ0v) is 12.1. The summed E-state index contributed by atoms with van der Waals surface area (Å²) >= 11 is 0. The fourth-order valence-corrected chi connectivity index (χ4v) is 1.97. The molecule has 0 radical (unpaired) electrons. The number of ether oxygens (including phenoxy) is 1. The number of hydrogen-bond donors (Lipinski definition) is 1. The van der Waals surface area contributed by atoms with E-state index in [1.165, 1.54) is 0 Å². The summed E-state index contributed by atoms with van der Waals surface area (Å²) in [7, 11) is 0. The van der Waals surface area contributed by atoms with Crippen LogP contribution in [0.3, 0.4) is 0 Å². The van der Waals surface area contributed by atoms with Crippen molar-refractivity contribution < 1.29 is 14.3 Å². The lowest BCUT2D eigenvalue weighted by molar-refractivity contribution is -0.154. The third-order valence-corrected chi connectivity index (χ3v) is 2.87. The van der Waals surface area contributed by atoms with E-state index >= 15 is 0 Å². The minimum Gasteiger partial charge on any atom is -0.464 e. The van der Waals surface area contributed by atoms with Crippen LogP contribution in [0.2, 0.25) is 0 Å². The largest absolute Gasteiger partial charge is 0.464 e. The van der Waals surface area contributed by atoms with Gasteiger partial charge in [-0.3, -0.25) is 4.79 Å². The number of hydrogen-bond acceptors (Lipinski definition) is 4. The minimum atomic E-state index is -1.46. The van der Waals surface area contributed by atoms with Crippen molar-refractivity contribution in [2.24, 2.45) is 11.7 Å². The van der Waals surface area contributed by atoms with E-state index in [2.05, 4.69) is 6.92 Å². The summed E-state index contributed by atoms with van der Waals surface area (Å²) in [5.74, 6) is -0.599. The Morgan fingerprint density at radius 2 is 1.83 bits per heavy atom. The molecule has 0 bridgehead atoms. The Bertz CT molecular complexity index is 276. The fraction of sp³-hybridized carbons (Fsp3) is 0.857. The van der Waals surface area contributed by atoms with Gasteiger partial charge in [-0.25, -0.2) is 4.79 Å². The van der Waals surface area contributed by atoms with Gasteiger partial charge in [-0.05, 0) is 25.7 Å². The number of carbonyl (C=O) groups excluding carboxylic acids is 2. The molecule has 2 N–H and O–H groups in total. The van der Waals surface area contributed by atoms with Gasteiger partial charge in [0.1, 0.15) is 0 Å². The highest BCUT2D eigenvalue weighted by molar-refractivity contribution is 6.08. The summed E-state index contributed by atoms with van der Waals surface area (Å²) < 4.78 is 4.95. The third-order valence-electron chi connectivity index (χ3n) is 2.87. The van der Waals surface area contributed by atoms with Crippen LogP contribution >= 0.6 is 0 Å². The lowest BCUT2D eigenvalue weighted by Crippen LogP contribution is -2.56. The quantitative estimate of drug-likeness (QED) is 0.391. The molecule has 0 heterocycles. The molecule has 0 aliphatic heterocycles. The molecule has 0 spiro atoms. The van der Waals surface area contributed by atoms with Gasteiger partial charge in [0.05, 0.1) is 6.61 Å². The lowest BCUT2D eigenvalue weighted by atomic mass is 9.84. The third kappa shape index (κ3) is 5.17. The molecule has 0 aliphatic carbocycles. The van der Waals surface area contributed by atoms with E-state index in [0.717, 1.165) is 19.3 Å². The Morgan fingerprint density at radius 3 is 2.28 bits per heavy atom.